The van der Waals surface area contributed by atoms with Gasteiger partial charge in [0.05, 0.1) is 40.0 Å². The maximum Gasteiger partial charge on any atom is 0.262 e. The summed E-state index contributed by atoms with van der Waals surface area (Å²) in [4.78, 5) is 9.53. The first-order valence-corrected chi connectivity index (χ1v) is 16.2. The van der Waals surface area contributed by atoms with Crippen molar-refractivity contribution in [3.8, 4) is 11.3 Å². The Balaban J connectivity index is 1.15. The summed E-state index contributed by atoms with van der Waals surface area (Å²) in [6.45, 7) is 5.98. The van der Waals surface area contributed by atoms with Crippen LogP contribution in [-0.2, 0) is 23.6 Å². The predicted octanol–water partition coefficient (Wildman–Crippen LogP) is 6.16. The van der Waals surface area contributed by atoms with Crippen LogP contribution in [0.15, 0.2) is 96.4 Å². The number of nitrogens with one attached hydrogen (secondary N) is 2. The summed E-state index contributed by atoms with van der Waals surface area (Å²) < 4.78 is 32.6. The first-order chi connectivity index (χ1) is 21.9. The molecule has 7 aromatic rings. The van der Waals surface area contributed by atoms with Crippen LogP contribution in [-0.4, -0.2) is 48.7 Å². The molecule has 11 nitrogen and oxygen atoms in total. The number of aromatic nitrogens is 6. The van der Waals surface area contributed by atoms with Crippen LogP contribution in [0, 0.1) is 6.92 Å². The highest BCUT2D eigenvalue weighted by Gasteiger charge is 2.20. The Hall–Kier alpha value is -5.33. The third-order valence-corrected chi connectivity index (χ3v) is 9.30. The number of hydrogen-bond acceptors (Lipinski definition) is 8. The van der Waals surface area contributed by atoms with E-state index in [2.05, 4.69) is 32.1 Å². The Bertz CT molecular complexity index is 2370. The van der Waals surface area contributed by atoms with Crippen LogP contribution in [0.2, 0.25) is 0 Å². The van der Waals surface area contributed by atoms with Gasteiger partial charge in [0.1, 0.15) is 5.82 Å². The molecule has 0 atom stereocenters. The van der Waals surface area contributed by atoms with Crippen LogP contribution in [0.3, 0.4) is 0 Å². The van der Waals surface area contributed by atoms with E-state index in [4.69, 9.17) is 4.98 Å². The lowest BCUT2D eigenvalue weighted by molar-refractivity contribution is 0.0591. The smallest absolute Gasteiger partial charge is 0.262 e. The second kappa shape index (κ2) is 10.9. The molecule has 0 saturated carbocycles. The number of aryl methyl sites for hydroxylation is 2. The van der Waals surface area contributed by atoms with Crippen molar-refractivity contribution in [1.82, 2.24) is 29.5 Å². The van der Waals surface area contributed by atoms with E-state index in [1.807, 2.05) is 35.1 Å². The van der Waals surface area contributed by atoms with Crippen LogP contribution in [0.1, 0.15) is 19.4 Å². The van der Waals surface area contributed by atoms with Gasteiger partial charge < -0.3 is 10.4 Å². The molecule has 3 N–H and O–H groups in total. The molecule has 0 aliphatic heterocycles. The number of anilines is 3. The molecular weight excluding hydrogens is 600 g/mol. The predicted molar refractivity (Wildman–Crippen MR) is 181 cm³/mol. The lowest BCUT2D eigenvalue weighted by Gasteiger charge is -2.18. The highest BCUT2D eigenvalue weighted by molar-refractivity contribution is 7.93. The molecule has 0 aliphatic rings. The van der Waals surface area contributed by atoms with Gasteiger partial charge in [-0.15, -0.1) is 0 Å². The molecule has 4 aromatic heterocycles. The summed E-state index contributed by atoms with van der Waals surface area (Å²) in [5.41, 5.74) is 4.70. The number of sulfonamides is 1. The molecule has 46 heavy (non-hydrogen) atoms. The van der Waals surface area contributed by atoms with Gasteiger partial charge in [0, 0.05) is 64.1 Å². The molecule has 7 rings (SSSR count). The molecule has 0 fully saturated rings. The van der Waals surface area contributed by atoms with E-state index >= 15 is 0 Å². The highest BCUT2D eigenvalue weighted by Crippen LogP contribution is 2.34. The minimum atomic E-state index is -3.84. The summed E-state index contributed by atoms with van der Waals surface area (Å²) in [7, 11) is -2.08. The summed E-state index contributed by atoms with van der Waals surface area (Å²) in [6, 6.07) is 20.0. The molecular formula is C34H32N8O3S. The van der Waals surface area contributed by atoms with E-state index in [1.165, 1.54) is 0 Å². The lowest BCUT2D eigenvalue weighted by Crippen LogP contribution is -2.26. The van der Waals surface area contributed by atoms with Crippen LogP contribution in [0.25, 0.3) is 43.8 Å². The fraction of sp³-hybridized carbons (Fsp3) is 0.176. The van der Waals surface area contributed by atoms with Crippen molar-refractivity contribution >= 4 is 59.8 Å². The Morgan fingerprint density at radius 3 is 2.48 bits per heavy atom. The number of benzene rings is 3. The van der Waals surface area contributed by atoms with E-state index in [9.17, 15) is 13.5 Å². The molecule has 0 spiro atoms. The zero-order chi connectivity index (χ0) is 32.2. The fourth-order valence-corrected chi connectivity index (χ4v) is 7.00. The topological polar surface area (TPSA) is 140 Å². The summed E-state index contributed by atoms with van der Waals surface area (Å²) in [5, 5.41) is 25.9. The summed E-state index contributed by atoms with van der Waals surface area (Å²) >= 11 is 0. The third-order valence-electron chi connectivity index (χ3n) is 7.86. The second-order valence-corrected chi connectivity index (χ2v) is 13.7. The van der Waals surface area contributed by atoms with Crippen LogP contribution in [0.4, 0.5) is 17.2 Å². The van der Waals surface area contributed by atoms with Crippen LogP contribution in [0.5, 0.6) is 0 Å². The summed E-state index contributed by atoms with van der Waals surface area (Å²) in [6.07, 6.45) is 7.12. The Labute approximate surface area is 265 Å². The van der Waals surface area contributed by atoms with Crippen molar-refractivity contribution in [3.63, 3.8) is 0 Å². The largest absolute Gasteiger partial charge is 0.389 e. The SMILES string of the molecule is Cc1c(-c2nccc3cnc(Nc4ccc(NS(=O)(=O)c5cccc6nn(C)cc56)cc4)cc23)ccc2c1cnn2CC(C)(C)O. The number of pyridine rings is 2. The van der Waals surface area contributed by atoms with Gasteiger partial charge in [0.15, 0.2) is 0 Å². The Morgan fingerprint density at radius 1 is 0.913 bits per heavy atom. The van der Waals surface area contributed by atoms with E-state index in [1.54, 1.807) is 86.6 Å². The average molecular weight is 633 g/mol. The molecule has 0 aliphatic carbocycles. The van der Waals surface area contributed by atoms with E-state index in [-0.39, 0.29) is 4.90 Å². The zero-order valence-electron chi connectivity index (χ0n) is 25.7. The molecule has 0 bridgehead atoms. The summed E-state index contributed by atoms with van der Waals surface area (Å²) in [5.74, 6) is 0.620. The highest BCUT2D eigenvalue weighted by atomic mass is 32.2. The molecule has 232 valence electrons. The van der Waals surface area contributed by atoms with Crippen molar-refractivity contribution in [2.45, 2.75) is 37.8 Å². The number of hydrogen-bond donors (Lipinski definition) is 3. The normalized spacial score (nSPS) is 12.3. The molecule has 12 heteroatoms. The first-order valence-electron chi connectivity index (χ1n) is 14.7. The maximum atomic E-state index is 13.2. The molecule has 0 amide bonds. The molecule has 0 radical (unpaired) electrons. The van der Waals surface area contributed by atoms with E-state index in [0.29, 0.717) is 29.0 Å². The number of nitrogens with zero attached hydrogens (tertiary/aromatic N) is 6. The van der Waals surface area contributed by atoms with Gasteiger partial charge in [-0.25, -0.2) is 13.4 Å². The van der Waals surface area contributed by atoms with E-state index in [0.717, 1.165) is 44.2 Å². The van der Waals surface area contributed by atoms with Gasteiger partial charge in [-0.1, -0.05) is 12.1 Å². The fourth-order valence-electron chi connectivity index (χ4n) is 5.74. The standard InChI is InChI=1S/C34H32N8O3S/c1-21-25(12-13-30-27(21)18-37-42(30)20-34(2,3)43)33-26-16-32(36-17-22(26)14-15-35-33)38-23-8-10-24(11-9-23)40-46(44,45)31-7-5-6-29-28(31)19-41(4)39-29/h5-19,40,43H,20H2,1-4H3,(H,36,38). The molecule has 0 saturated heterocycles. The van der Waals surface area contributed by atoms with Gasteiger partial charge in [-0.2, -0.15) is 10.2 Å². The van der Waals surface area contributed by atoms with Gasteiger partial charge in [0.25, 0.3) is 10.0 Å². The number of rotatable bonds is 8. The zero-order valence-corrected chi connectivity index (χ0v) is 26.5. The van der Waals surface area contributed by atoms with Gasteiger partial charge >= 0.3 is 0 Å². The van der Waals surface area contributed by atoms with Crippen molar-refractivity contribution in [2.24, 2.45) is 7.05 Å². The average Bonchev–Trinajstić information content (AvgIpc) is 3.59. The van der Waals surface area contributed by atoms with Crippen molar-refractivity contribution in [3.05, 3.63) is 97.1 Å². The third kappa shape index (κ3) is 5.52. The van der Waals surface area contributed by atoms with Crippen molar-refractivity contribution < 1.29 is 13.5 Å². The number of aliphatic hydroxyl groups is 1. The van der Waals surface area contributed by atoms with Gasteiger partial charge in [-0.3, -0.25) is 19.1 Å². The lowest BCUT2D eigenvalue weighted by atomic mass is 9.98. The minimum Gasteiger partial charge on any atom is -0.389 e. The minimum absolute atomic E-state index is 0.169. The van der Waals surface area contributed by atoms with Crippen molar-refractivity contribution in [1.29, 1.82) is 0 Å². The number of fused-ring (bicyclic) bond motifs is 3. The van der Waals surface area contributed by atoms with Gasteiger partial charge in [0.2, 0.25) is 0 Å². The maximum absolute atomic E-state index is 13.2. The first kappa shape index (κ1) is 29.4. The Morgan fingerprint density at radius 2 is 1.70 bits per heavy atom. The van der Waals surface area contributed by atoms with Crippen LogP contribution >= 0.6 is 0 Å². The molecule has 3 aromatic carbocycles. The quantitative estimate of drug-likeness (QED) is 0.181. The van der Waals surface area contributed by atoms with Gasteiger partial charge in [-0.05, 0) is 80.9 Å². The second-order valence-electron chi connectivity index (χ2n) is 12.0. The Kier molecular flexibility index (Phi) is 6.98. The van der Waals surface area contributed by atoms with E-state index < -0.39 is 15.6 Å². The van der Waals surface area contributed by atoms with Crippen LogP contribution < -0.4 is 10.0 Å². The molecule has 4 heterocycles. The molecule has 0 unspecified atom stereocenters. The monoisotopic (exact) mass is 632 g/mol. The van der Waals surface area contributed by atoms with Crippen molar-refractivity contribution in [2.75, 3.05) is 10.0 Å².